The minimum Gasteiger partial charge on any atom is -0.207 e. The van der Waals surface area contributed by atoms with Gasteiger partial charge in [0.15, 0.2) is 0 Å². The first-order valence-electron chi connectivity index (χ1n) is 5.77. The molecule has 0 amide bonds. The fourth-order valence-electron chi connectivity index (χ4n) is 1.93. The van der Waals surface area contributed by atoms with Crippen molar-refractivity contribution in [1.82, 2.24) is 4.31 Å². The Hall–Kier alpha value is -1.01. The summed E-state index contributed by atoms with van der Waals surface area (Å²) in [5, 5.41) is 0. The SMILES string of the molecule is CC(C1CC1)N(C)S(=O)(=O)c1ccc(F)cc1F. The van der Waals surface area contributed by atoms with Crippen molar-refractivity contribution >= 4 is 10.0 Å². The van der Waals surface area contributed by atoms with E-state index in [1.54, 1.807) is 6.92 Å². The Kier molecular flexibility index (Phi) is 3.42. The lowest BCUT2D eigenvalue weighted by atomic mass is 10.2. The molecule has 1 atom stereocenters. The molecule has 100 valence electrons. The van der Waals surface area contributed by atoms with Crippen LogP contribution in [0.15, 0.2) is 23.1 Å². The molecule has 0 radical (unpaired) electrons. The molecular formula is C12H15F2NO2S. The Balaban J connectivity index is 2.34. The lowest BCUT2D eigenvalue weighted by molar-refractivity contribution is 0.355. The van der Waals surface area contributed by atoms with Crippen LogP contribution in [-0.4, -0.2) is 25.8 Å². The number of benzene rings is 1. The first kappa shape index (κ1) is 13.4. The number of sulfonamides is 1. The van der Waals surface area contributed by atoms with Crippen LogP contribution in [0.4, 0.5) is 8.78 Å². The van der Waals surface area contributed by atoms with Gasteiger partial charge in [0.05, 0.1) is 0 Å². The Bertz CT molecular complexity index is 555. The van der Waals surface area contributed by atoms with Gasteiger partial charge < -0.3 is 0 Å². The largest absolute Gasteiger partial charge is 0.245 e. The van der Waals surface area contributed by atoms with E-state index in [0.717, 1.165) is 25.0 Å². The van der Waals surface area contributed by atoms with Gasteiger partial charge in [-0.2, -0.15) is 4.31 Å². The smallest absolute Gasteiger partial charge is 0.207 e. The van der Waals surface area contributed by atoms with Crippen LogP contribution >= 0.6 is 0 Å². The van der Waals surface area contributed by atoms with Crippen molar-refractivity contribution in [1.29, 1.82) is 0 Å². The van der Waals surface area contributed by atoms with Gasteiger partial charge in [-0.15, -0.1) is 0 Å². The summed E-state index contributed by atoms with van der Waals surface area (Å²) in [6.07, 6.45) is 1.99. The molecule has 0 spiro atoms. The van der Waals surface area contributed by atoms with E-state index in [-0.39, 0.29) is 6.04 Å². The third-order valence-corrected chi connectivity index (χ3v) is 5.41. The standard InChI is InChI=1S/C12H15F2NO2S/c1-8(9-3-4-9)15(2)18(16,17)12-6-5-10(13)7-11(12)14/h5-9H,3-4H2,1-2H3. The van der Waals surface area contributed by atoms with Gasteiger partial charge in [0, 0.05) is 19.2 Å². The summed E-state index contributed by atoms with van der Waals surface area (Å²) < 4.78 is 51.9. The monoisotopic (exact) mass is 275 g/mol. The first-order chi connectivity index (χ1) is 8.34. The van der Waals surface area contributed by atoms with Gasteiger partial charge in [0.25, 0.3) is 0 Å². The number of nitrogens with zero attached hydrogens (tertiary/aromatic N) is 1. The van der Waals surface area contributed by atoms with Crippen LogP contribution in [0.25, 0.3) is 0 Å². The van der Waals surface area contributed by atoms with Crippen molar-refractivity contribution in [2.45, 2.75) is 30.7 Å². The van der Waals surface area contributed by atoms with Crippen LogP contribution in [0.5, 0.6) is 0 Å². The number of halogens is 2. The molecule has 1 aliphatic rings. The second kappa shape index (κ2) is 4.59. The number of hydrogen-bond acceptors (Lipinski definition) is 2. The molecule has 1 unspecified atom stereocenters. The van der Waals surface area contributed by atoms with Gasteiger partial charge in [-0.1, -0.05) is 0 Å². The van der Waals surface area contributed by atoms with E-state index >= 15 is 0 Å². The van der Waals surface area contributed by atoms with Gasteiger partial charge in [0.2, 0.25) is 10.0 Å². The lowest BCUT2D eigenvalue weighted by Crippen LogP contribution is -2.36. The van der Waals surface area contributed by atoms with Crippen LogP contribution in [-0.2, 0) is 10.0 Å². The van der Waals surface area contributed by atoms with Crippen molar-refractivity contribution in [2.24, 2.45) is 5.92 Å². The first-order valence-corrected chi connectivity index (χ1v) is 7.21. The molecule has 0 aromatic heterocycles. The van der Waals surface area contributed by atoms with Crippen molar-refractivity contribution in [3.8, 4) is 0 Å². The Morgan fingerprint density at radius 2 is 1.94 bits per heavy atom. The van der Waals surface area contributed by atoms with Crippen LogP contribution in [0.1, 0.15) is 19.8 Å². The molecule has 0 bridgehead atoms. The summed E-state index contributed by atoms with van der Waals surface area (Å²) in [5.74, 6) is -1.50. The molecule has 18 heavy (non-hydrogen) atoms. The normalized spacial score (nSPS) is 18.1. The van der Waals surface area contributed by atoms with E-state index in [1.165, 1.54) is 11.4 Å². The Labute approximate surface area is 105 Å². The minimum atomic E-state index is -3.90. The van der Waals surface area contributed by atoms with Crippen molar-refractivity contribution < 1.29 is 17.2 Å². The number of rotatable bonds is 4. The Morgan fingerprint density at radius 1 is 1.33 bits per heavy atom. The molecule has 1 fully saturated rings. The Morgan fingerprint density at radius 3 is 2.44 bits per heavy atom. The molecule has 0 aliphatic heterocycles. The molecule has 1 aromatic carbocycles. The minimum absolute atomic E-state index is 0.167. The van der Waals surface area contributed by atoms with E-state index in [9.17, 15) is 17.2 Å². The summed E-state index contributed by atoms with van der Waals surface area (Å²) in [7, 11) is -2.47. The predicted molar refractivity (Wildman–Crippen MR) is 63.5 cm³/mol. The second-order valence-corrected chi connectivity index (χ2v) is 6.64. The quantitative estimate of drug-likeness (QED) is 0.846. The van der Waals surface area contributed by atoms with Crippen molar-refractivity contribution in [3.63, 3.8) is 0 Å². The fraction of sp³-hybridized carbons (Fsp3) is 0.500. The van der Waals surface area contributed by atoms with Crippen LogP contribution in [0.3, 0.4) is 0 Å². The maximum atomic E-state index is 13.5. The zero-order chi connectivity index (χ0) is 13.5. The third-order valence-electron chi connectivity index (χ3n) is 3.43. The van der Waals surface area contributed by atoms with Gasteiger partial charge in [-0.3, -0.25) is 0 Å². The molecule has 1 saturated carbocycles. The van der Waals surface area contributed by atoms with E-state index in [0.29, 0.717) is 12.0 Å². The molecular weight excluding hydrogens is 260 g/mol. The maximum Gasteiger partial charge on any atom is 0.245 e. The molecule has 0 N–H and O–H groups in total. The van der Waals surface area contributed by atoms with E-state index in [1.807, 2.05) is 0 Å². The molecule has 0 heterocycles. The highest BCUT2D eigenvalue weighted by molar-refractivity contribution is 7.89. The average Bonchev–Trinajstić information content (AvgIpc) is 3.10. The van der Waals surface area contributed by atoms with E-state index in [2.05, 4.69) is 0 Å². The zero-order valence-corrected chi connectivity index (χ0v) is 11.0. The van der Waals surface area contributed by atoms with Crippen LogP contribution in [0.2, 0.25) is 0 Å². The summed E-state index contributed by atoms with van der Waals surface area (Å²) in [4.78, 5) is -0.473. The van der Waals surface area contributed by atoms with Gasteiger partial charge in [0.1, 0.15) is 16.5 Å². The summed E-state index contributed by atoms with van der Waals surface area (Å²) in [5.41, 5.74) is 0. The molecule has 1 aromatic rings. The van der Waals surface area contributed by atoms with Gasteiger partial charge in [-0.25, -0.2) is 17.2 Å². The van der Waals surface area contributed by atoms with Gasteiger partial charge in [-0.05, 0) is 37.8 Å². The summed E-state index contributed by atoms with van der Waals surface area (Å²) in [6, 6.07) is 2.34. The second-order valence-electron chi connectivity index (χ2n) is 4.67. The fourth-order valence-corrected chi connectivity index (χ4v) is 3.40. The van der Waals surface area contributed by atoms with E-state index in [4.69, 9.17) is 0 Å². The molecule has 0 saturated heterocycles. The topological polar surface area (TPSA) is 37.4 Å². The highest BCUT2D eigenvalue weighted by Crippen LogP contribution is 2.36. The summed E-state index contributed by atoms with van der Waals surface area (Å²) in [6.45, 7) is 1.80. The molecule has 2 rings (SSSR count). The van der Waals surface area contributed by atoms with E-state index < -0.39 is 26.6 Å². The number of hydrogen-bond donors (Lipinski definition) is 0. The average molecular weight is 275 g/mol. The van der Waals surface area contributed by atoms with Crippen molar-refractivity contribution in [2.75, 3.05) is 7.05 Å². The molecule has 1 aliphatic carbocycles. The third kappa shape index (κ3) is 2.40. The zero-order valence-electron chi connectivity index (χ0n) is 10.2. The molecule has 6 heteroatoms. The summed E-state index contributed by atoms with van der Waals surface area (Å²) >= 11 is 0. The van der Waals surface area contributed by atoms with Crippen LogP contribution < -0.4 is 0 Å². The highest BCUT2D eigenvalue weighted by atomic mass is 32.2. The highest BCUT2D eigenvalue weighted by Gasteiger charge is 2.36. The molecule has 3 nitrogen and oxygen atoms in total. The van der Waals surface area contributed by atoms with Crippen molar-refractivity contribution in [3.05, 3.63) is 29.8 Å². The maximum absolute atomic E-state index is 13.5. The lowest BCUT2D eigenvalue weighted by Gasteiger charge is -2.24. The predicted octanol–water partition coefficient (Wildman–Crippen LogP) is 2.38. The van der Waals surface area contributed by atoms with Gasteiger partial charge >= 0.3 is 0 Å². The van der Waals surface area contributed by atoms with Crippen LogP contribution in [0, 0.1) is 17.6 Å².